The monoisotopic (exact) mass is 402 g/mol. The van der Waals surface area contributed by atoms with E-state index in [1.54, 1.807) is 24.3 Å². The fourth-order valence-corrected chi connectivity index (χ4v) is 4.41. The Labute approximate surface area is 162 Å². The predicted molar refractivity (Wildman–Crippen MR) is 102 cm³/mol. The van der Waals surface area contributed by atoms with Gasteiger partial charge in [-0.1, -0.05) is 41.1 Å². The van der Waals surface area contributed by atoms with Gasteiger partial charge >= 0.3 is 0 Å². The number of aromatic nitrogens is 1. The molecule has 0 fully saturated rings. The molecule has 1 N–H and O–H groups in total. The predicted octanol–water partition coefficient (Wildman–Crippen LogP) is 4.58. The fraction of sp³-hybridized carbons (Fsp3) is 0.105. The second-order valence-corrected chi connectivity index (χ2v) is 7.47. The Bertz CT molecular complexity index is 1140. The number of hydrogen-bond acceptors (Lipinski definition) is 5. The average molecular weight is 403 g/mol. The van der Waals surface area contributed by atoms with Crippen molar-refractivity contribution in [3.8, 4) is 0 Å². The number of Topliss-reactive ketones (excluding diaryl/α,β-unsaturated/α-hetero) is 1. The Kier molecular flexibility index (Phi) is 4.20. The number of rotatable bonds is 3. The molecule has 1 aromatic heterocycles. The topological polar surface area (TPSA) is 70.5 Å². The van der Waals surface area contributed by atoms with Gasteiger partial charge in [0.15, 0.2) is 16.7 Å². The molecular formula is C19H12ClFN2O3S. The molecule has 8 heteroatoms. The second-order valence-electron chi connectivity index (χ2n) is 6.03. The molecule has 2 heterocycles. The Hall–Kier alpha value is -2.77. The van der Waals surface area contributed by atoms with Crippen molar-refractivity contribution in [3.05, 3.63) is 70.2 Å². The van der Waals surface area contributed by atoms with Crippen LogP contribution in [-0.2, 0) is 9.59 Å². The molecule has 1 unspecified atom stereocenters. The van der Waals surface area contributed by atoms with Gasteiger partial charge in [-0.25, -0.2) is 9.37 Å². The molecule has 0 saturated carbocycles. The fourth-order valence-electron chi connectivity index (χ4n) is 3.14. The lowest BCUT2D eigenvalue weighted by Gasteiger charge is -2.24. The first-order valence-corrected chi connectivity index (χ1v) is 9.16. The highest BCUT2D eigenvalue weighted by atomic mass is 35.5. The standard InChI is InChI=1S/C19H12ClFN2O3S/c1-9(24)15-16(11-4-2-3-5-12(11)21)23(18(26)17(15)25)19-22-13-7-6-10(20)8-14(13)27-19/h2-8,16,25H,1H3. The number of halogens is 2. The summed E-state index contributed by atoms with van der Waals surface area (Å²) in [5.74, 6) is -2.58. The van der Waals surface area contributed by atoms with Gasteiger partial charge in [0.1, 0.15) is 11.9 Å². The van der Waals surface area contributed by atoms with Gasteiger partial charge in [0.2, 0.25) is 0 Å². The number of benzene rings is 2. The van der Waals surface area contributed by atoms with E-state index in [9.17, 15) is 19.1 Å². The molecule has 27 heavy (non-hydrogen) atoms. The van der Waals surface area contributed by atoms with Gasteiger partial charge in [0.25, 0.3) is 5.91 Å². The van der Waals surface area contributed by atoms with Crippen molar-refractivity contribution in [2.75, 3.05) is 4.90 Å². The lowest BCUT2D eigenvalue weighted by atomic mass is 9.96. The van der Waals surface area contributed by atoms with Crippen LogP contribution in [0.2, 0.25) is 5.02 Å². The summed E-state index contributed by atoms with van der Waals surface area (Å²) >= 11 is 7.18. The minimum atomic E-state index is -1.09. The van der Waals surface area contributed by atoms with Crippen molar-refractivity contribution >= 4 is 50.0 Å². The van der Waals surface area contributed by atoms with Crippen LogP contribution in [0.4, 0.5) is 9.52 Å². The molecule has 5 nitrogen and oxygen atoms in total. The number of fused-ring (bicyclic) bond motifs is 1. The van der Waals surface area contributed by atoms with Crippen molar-refractivity contribution in [1.82, 2.24) is 4.98 Å². The van der Waals surface area contributed by atoms with Crippen LogP contribution >= 0.6 is 22.9 Å². The number of amides is 1. The number of ketones is 1. The van der Waals surface area contributed by atoms with E-state index in [0.717, 1.165) is 9.60 Å². The van der Waals surface area contributed by atoms with E-state index in [1.165, 1.54) is 36.5 Å². The largest absolute Gasteiger partial charge is 0.503 e. The zero-order chi connectivity index (χ0) is 19.3. The van der Waals surface area contributed by atoms with E-state index in [2.05, 4.69) is 4.98 Å². The van der Waals surface area contributed by atoms with Crippen molar-refractivity contribution in [2.24, 2.45) is 0 Å². The number of aliphatic hydroxyl groups excluding tert-OH is 1. The van der Waals surface area contributed by atoms with E-state index < -0.39 is 29.3 Å². The highest BCUT2D eigenvalue weighted by molar-refractivity contribution is 7.22. The maximum absolute atomic E-state index is 14.5. The van der Waals surface area contributed by atoms with Crippen LogP contribution in [0.5, 0.6) is 0 Å². The van der Waals surface area contributed by atoms with Gasteiger partial charge in [-0.2, -0.15) is 0 Å². The molecule has 0 aliphatic carbocycles. The summed E-state index contributed by atoms with van der Waals surface area (Å²) in [6, 6.07) is 9.82. The van der Waals surface area contributed by atoms with Gasteiger partial charge in [0, 0.05) is 10.6 Å². The molecule has 1 aliphatic rings. The van der Waals surface area contributed by atoms with Gasteiger partial charge < -0.3 is 5.11 Å². The quantitative estimate of drug-likeness (QED) is 0.696. The molecule has 0 saturated heterocycles. The molecule has 0 radical (unpaired) electrons. The third-order valence-electron chi connectivity index (χ3n) is 4.33. The third kappa shape index (κ3) is 2.79. The van der Waals surface area contributed by atoms with E-state index in [4.69, 9.17) is 11.6 Å². The Balaban J connectivity index is 1.93. The number of anilines is 1. The van der Waals surface area contributed by atoms with Crippen LogP contribution in [0.25, 0.3) is 10.2 Å². The molecule has 0 spiro atoms. The van der Waals surface area contributed by atoms with Gasteiger partial charge in [-0.05, 0) is 31.2 Å². The number of nitrogens with zero attached hydrogens (tertiary/aromatic N) is 2. The molecule has 0 bridgehead atoms. The first-order valence-electron chi connectivity index (χ1n) is 7.96. The summed E-state index contributed by atoms with van der Waals surface area (Å²) in [5.41, 5.74) is 0.565. The third-order valence-corrected chi connectivity index (χ3v) is 5.59. The molecule has 136 valence electrons. The maximum Gasteiger partial charge on any atom is 0.296 e. The van der Waals surface area contributed by atoms with E-state index >= 15 is 0 Å². The molecule has 1 aliphatic heterocycles. The summed E-state index contributed by atoms with van der Waals surface area (Å²) in [7, 11) is 0. The lowest BCUT2D eigenvalue weighted by Crippen LogP contribution is -2.31. The molecule has 1 amide bonds. The lowest BCUT2D eigenvalue weighted by molar-refractivity contribution is -0.117. The number of carbonyl (C=O) groups is 2. The van der Waals surface area contributed by atoms with Crippen LogP contribution in [0.15, 0.2) is 53.8 Å². The average Bonchev–Trinajstić information content (AvgIpc) is 3.14. The van der Waals surface area contributed by atoms with E-state index in [-0.39, 0.29) is 16.3 Å². The highest BCUT2D eigenvalue weighted by Gasteiger charge is 2.45. The number of thiazole rings is 1. The molecule has 3 aromatic rings. The zero-order valence-corrected chi connectivity index (χ0v) is 15.5. The van der Waals surface area contributed by atoms with Gasteiger partial charge in [-0.3, -0.25) is 14.5 Å². The number of carbonyl (C=O) groups excluding carboxylic acids is 2. The molecule has 2 aromatic carbocycles. The van der Waals surface area contributed by atoms with Crippen molar-refractivity contribution in [3.63, 3.8) is 0 Å². The first-order chi connectivity index (χ1) is 12.9. The summed E-state index contributed by atoms with van der Waals surface area (Å²) < 4.78 is 15.2. The highest BCUT2D eigenvalue weighted by Crippen LogP contribution is 2.44. The minimum absolute atomic E-state index is 0.109. The van der Waals surface area contributed by atoms with Crippen LogP contribution < -0.4 is 4.90 Å². The zero-order valence-electron chi connectivity index (χ0n) is 13.9. The summed E-state index contributed by atoms with van der Waals surface area (Å²) in [5, 5.41) is 11.1. The summed E-state index contributed by atoms with van der Waals surface area (Å²) in [4.78, 5) is 30.4. The van der Waals surface area contributed by atoms with Crippen molar-refractivity contribution in [2.45, 2.75) is 13.0 Å². The van der Waals surface area contributed by atoms with Gasteiger partial charge in [0.05, 0.1) is 15.8 Å². The van der Waals surface area contributed by atoms with E-state index in [1.807, 2.05) is 0 Å². The van der Waals surface area contributed by atoms with Gasteiger partial charge in [-0.15, -0.1) is 0 Å². The van der Waals surface area contributed by atoms with E-state index in [0.29, 0.717) is 10.5 Å². The minimum Gasteiger partial charge on any atom is -0.503 e. The van der Waals surface area contributed by atoms with Crippen molar-refractivity contribution < 1.29 is 19.1 Å². The Morgan fingerprint density at radius 1 is 1.30 bits per heavy atom. The maximum atomic E-state index is 14.5. The van der Waals surface area contributed by atoms with Crippen LogP contribution in [-0.4, -0.2) is 21.8 Å². The smallest absolute Gasteiger partial charge is 0.296 e. The molecule has 4 rings (SSSR count). The Morgan fingerprint density at radius 2 is 2.04 bits per heavy atom. The SMILES string of the molecule is CC(=O)C1=C(O)C(=O)N(c2nc3ccc(Cl)cc3s2)C1c1ccccc1F. The van der Waals surface area contributed by atoms with Crippen LogP contribution in [0, 0.1) is 5.82 Å². The van der Waals surface area contributed by atoms with Crippen molar-refractivity contribution in [1.29, 1.82) is 0 Å². The normalized spacial score (nSPS) is 17.2. The van der Waals surface area contributed by atoms with Crippen LogP contribution in [0.1, 0.15) is 18.5 Å². The summed E-state index contributed by atoms with van der Waals surface area (Å²) in [6.45, 7) is 1.23. The molecular weight excluding hydrogens is 391 g/mol. The number of aliphatic hydroxyl groups is 1. The Morgan fingerprint density at radius 3 is 2.74 bits per heavy atom. The second kappa shape index (κ2) is 6.44. The first kappa shape index (κ1) is 17.6. The summed E-state index contributed by atoms with van der Waals surface area (Å²) in [6.07, 6.45) is 0. The molecule has 1 atom stereocenters. The number of hydrogen-bond donors (Lipinski definition) is 1. The van der Waals surface area contributed by atoms with Crippen LogP contribution in [0.3, 0.4) is 0 Å².